The second kappa shape index (κ2) is 5.93. The van der Waals surface area contributed by atoms with Crippen molar-refractivity contribution in [3.8, 4) is 5.75 Å². The van der Waals surface area contributed by atoms with Crippen molar-refractivity contribution in [2.75, 3.05) is 7.11 Å². The van der Waals surface area contributed by atoms with Crippen molar-refractivity contribution in [1.82, 2.24) is 0 Å². The van der Waals surface area contributed by atoms with Crippen LogP contribution >= 0.6 is 0 Å². The van der Waals surface area contributed by atoms with Crippen molar-refractivity contribution in [3.63, 3.8) is 0 Å². The first kappa shape index (κ1) is 16.0. The van der Waals surface area contributed by atoms with Gasteiger partial charge in [-0.2, -0.15) is 0 Å². The highest BCUT2D eigenvalue weighted by Crippen LogP contribution is 2.34. The quantitative estimate of drug-likeness (QED) is 0.831. The molecule has 0 radical (unpaired) electrons. The summed E-state index contributed by atoms with van der Waals surface area (Å²) in [7, 11) is 1.61. The SMILES string of the molecule is COc1ccc(C)cc1C(C)(O)CCCC(C)(C)O. The fraction of sp³-hybridized carbons (Fsp3) is 0.625. The molecule has 0 aromatic heterocycles. The van der Waals surface area contributed by atoms with Gasteiger partial charge < -0.3 is 14.9 Å². The van der Waals surface area contributed by atoms with Gasteiger partial charge in [-0.05, 0) is 59.1 Å². The maximum Gasteiger partial charge on any atom is 0.124 e. The molecule has 3 heteroatoms. The summed E-state index contributed by atoms with van der Waals surface area (Å²) >= 11 is 0. The minimum Gasteiger partial charge on any atom is -0.496 e. The van der Waals surface area contributed by atoms with E-state index in [-0.39, 0.29) is 0 Å². The summed E-state index contributed by atoms with van der Waals surface area (Å²) in [6.45, 7) is 7.37. The predicted molar refractivity (Wildman–Crippen MR) is 77.5 cm³/mol. The molecule has 0 saturated heterocycles. The molecule has 1 atom stereocenters. The summed E-state index contributed by atoms with van der Waals surface area (Å²) in [6.07, 6.45) is 2.02. The topological polar surface area (TPSA) is 49.7 Å². The third-order valence-corrected chi connectivity index (χ3v) is 3.39. The molecule has 0 heterocycles. The fourth-order valence-corrected chi connectivity index (χ4v) is 2.24. The number of ether oxygens (including phenoxy) is 1. The van der Waals surface area contributed by atoms with Gasteiger partial charge in [-0.3, -0.25) is 0 Å². The number of benzene rings is 1. The van der Waals surface area contributed by atoms with Crippen molar-refractivity contribution in [2.24, 2.45) is 0 Å². The molecule has 0 saturated carbocycles. The Morgan fingerprint density at radius 1 is 1.11 bits per heavy atom. The van der Waals surface area contributed by atoms with Crippen molar-refractivity contribution in [3.05, 3.63) is 29.3 Å². The van der Waals surface area contributed by atoms with Crippen LogP contribution in [0.25, 0.3) is 0 Å². The molecule has 2 N–H and O–H groups in total. The smallest absolute Gasteiger partial charge is 0.124 e. The van der Waals surface area contributed by atoms with Crippen molar-refractivity contribution in [2.45, 2.75) is 58.2 Å². The molecule has 1 aromatic carbocycles. The summed E-state index contributed by atoms with van der Waals surface area (Å²) in [4.78, 5) is 0. The van der Waals surface area contributed by atoms with E-state index in [0.717, 1.165) is 17.5 Å². The number of methoxy groups -OCH3 is 1. The Hall–Kier alpha value is -1.06. The summed E-state index contributed by atoms with van der Waals surface area (Å²) in [5, 5.41) is 20.4. The molecule has 0 amide bonds. The zero-order valence-electron chi connectivity index (χ0n) is 12.7. The van der Waals surface area contributed by atoms with E-state index in [4.69, 9.17) is 4.74 Å². The van der Waals surface area contributed by atoms with Crippen LogP contribution in [-0.4, -0.2) is 22.9 Å². The molecule has 1 aromatic rings. The molecule has 108 valence electrons. The molecule has 0 aliphatic heterocycles. The van der Waals surface area contributed by atoms with E-state index >= 15 is 0 Å². The molecule has 1 unspecified atom stereocenters. The first-order valence-electron chi connectivity index (χ1n) is 6.75. The van der Waals surface area contributed by atoms with Crippen LogP contribution in [0.3, 0.4) is 0 Å². The second-order valence-electron chi connectivity index (χ2n) is 6.14. The molecule has 3 nitrogen and oxygen atoms in total. The summed E-state index contributed by atoms with van der Waals surface area (Å²) in [6, 6.07) is 5.81. The Morgan fingerprint density at radius 3 is 2.26 bits per heavy atom. The van der Waals surface area contributed by atoms with Gasteiger partial charge in [0, 0.05) is 5.56 Å². The molecule has 1 rings (SSSR count). The van der Waals surface area contributed by atoms with Crippen molar-refractivity contribution < 1.29 is 14.9 Å². The maximum atomic E-state index is 10.7. The average molecular weight is 266 g/mol. The lowest BCUT2D eigenvalue weighted by Gasteiger charge is -2.27. The van der Waals surface area contributed by atoms with Crippen LogP contribution in [0.2, 0.25) is 0 Å². The maximum absolute atomic E-state index is 10.7. The van der Waals surface area contributed by atoms with Crippen LogP contribution in [0.1, 0.15) is 51.2 Å². The van der Waals surface area contributed by atoms with Crippen LogP contribution in [0.5, 0.6) is 5.75 Å². The van der Waals surface area contributed by atoms with E-state index in [1.165, 1.54) is 0 Å². The monoisotopic (exact) mass is 266 g/mol. The number of hydrogen-bond acceptors (Lipinski definition) is 3. The van der Waals surface area contributed by atoms with Crippen molar-refractivity contribution in [1.29, 1.82) is 0 Å². The van der Waals surface area contributed by atoms with Gasteiger partial charge in [0.1, 0.15) is 5.75 Å². The lowest BCUT2D eigenvalue weighted by Crippen LogP contribution is -2.24. The molecule has 0 aliphatic carbocycles. The third kappa shape index (κ3) is 4.84. The number of hydrogen-bond donors (Lipinski definition) is 2. The van der Waals surface area contributed by atoms with E-state index in [9.17, 15) is 10.2 Å². The Morgan fingerprint density at radius 2 is 1.74 bits per heavy atom. The molecule has 19 heavy (non-hydrogen) atoms. The van der Waals surface area contributed by atoms with E-state index in [2.05, 4.69) is 0 Å². The molecule has 0 bridgehead atoms. The van der Waals surface area contributed by atoms with Crippen LogP contribution in [0.4, 0.5) is 0 Å². The van der Waals surface area contributed by atoms with Crippen LogP contribution in [0, 0.1) is 6.92 Å². The number of aryl methyl sites for hydroxylation is 1. The lowest BCUT2D eigenvalue weighted by molar-refractivity contribution is 0.0255. The zero-order chi connectivity index (χ0) is 14.7. The van der Waals surface area contributed by atoms with E-state index in [1.54, 1.807) is 27.9 Å². The average Bonchev–Trinajstić information content (AvgIpc) is 2.27. The molecular weight excluding hydrogens is 240 g/mol. The largest absolute Gasteiger partial charge is 0.496 e. The predicted octanol–water partition coefficient (Wildman–Crippen LogP) is 3.15. The number of aliphatic hydroxyl groups is 2. The van der Waals surface area contributed by atoms with Crippen LogP contribution in [0.15, 0.2) is 18.2 Å². The van der Waals surface area contributed by atoms with Gasteiger partial charge in [-0.15, -0.1) is 0 Å². The minimum atomic E-state index is -0.942. The molecular formula is C16H26O3. The van der Waals surface area contributed by atoms with Gasteiger partial charge in [-0.1, -0.05) is 11.6 Å². The third-order valence-electron chi connectivity index (χ3n) is 3.39. The van der Waals surface area contributed by atoms with Crippen LogP contribution < -0.4 is 4.74 Å². The summed E-state index contributed by atoms with van der Waals surface area (Å²) in [5.74, 6) is 0.707. The van der Waals surface area contributed by atoms with Gasteiger partial charge in [0.25, 0.3) is 0 Å². The van der Waals surface area contributed by atoms with Gasteiger partial charge in [0.2, 0.25) is 0 Å². The Labute approximate surface area is 116 Å². The van der Waals surface area contributed by atoms with Gasteiger partial charge >= 0.3 is 0 Å². The zero-order valence-corrected chi connectivity index (χ0v) is 12.7. The van der Waals surface area contributed by atoms with Gasteiger partial charge in [0.15, 0.2) is 0 Å². The lowest BCUT2D eigenvalue weighted by atomic mass is 9.87. The highest BCUT2D eigenvalue weighted by atomic mass is 16.5. The Balaban J connectivity index is 2.84. The first-order valence-corrected chi connectivity index (χ1v) is 6.75. The summed E-state index contributed by atoms with van der Waals surface area (Å²) in [5.41, 5.74) is 0.277. The molecule has 0 fully saturated rings. The fourth-order valence-electron chi connectivity index (χ4n) is 2.24. The second-order valence-corrected chi connectivity index (χ2v) is 6.14. The van der Waals surface area contributed by atoms with E-state index in [1.807, 2.05) is 25.1 Å². The Kier molecular flexibility index (Phi) is 4.99. The van der Waals surface area contributed by atoms with E-state index in [0.29, 0.717) is 18.6 Å². The summed E-state index contributed by atoms with van der Waals surface area (Å²) < 4.78 is 5.32. The van der Waals surface area contributed by atoms with Crippen LogP contribution in [-0.2, 0) is 5.60 Å². The highest BCUT2D eigenvalue weighted by molar-refractivity contribution is 5.40. The first-order chi connectivity index (χ1) is 8.65. The minimum absolute atomic E-state index is 0.594. The van der Waals surface area contributed by atoms with E-state index < -0.39 is 11.2 Å². The van der Waals surface area contributed by atoms with Crippen molar-refractivity contribution >= 4 is 0 Å². The standard InChI is InChI=1S/C16H26O3/c1-12-7-8-14(19-5)13(11-12)16(4,18)10-6-9-15(2,3)17/h7-8,11,17-18H,6,9-10H2,1-5H3. The van der Waals surface area contributed by atoms with Gasteiger partial charge in [-0.25, -0.2) is 0 Å². The normalized spacial score (nSPS) is 15.1. The number of rotatable bonds is 6. The Bertz CT molecular complexity index is 416. The highest BCUT2D eigenvalue weighted by Gasteiger charge is 2.27. The van der Waals surface area contributed by atoms with Gasteiger partial charge in [0.05, 0.1) is 18.3 Å². The molecule has 0 spiro atoms. The molecule has 0 aliphatic rings.